The molecule has 0 heterocycles. The summed E-state index contributed by atoms with van der Waals surface area (Å²) in [6, 6.07) is 2.97. The molecule has 1 atom stereocenters. The highest BCUT2D eigenvalue weighted by atomic mass is 32.2. The summed E-state index contributed by atoms with van der Waals surface area (Å²) < 4.78 is 23.3. The molecule has 0 saturated heterocycles. The van der Waals surface area contributed by atoms with Gasteiger partial charge in [0.1, 0.15) is 11.7 Å². The smallest absolute Gasteiger partial charge is 0.293 e. The number of amides is 2. The summed E-state index contributed by atoms with van der Waals surface area (Å²) in [5.74, 6) is -0.541. The highest BCUT2D eigenvalue weighted by Crippen LogP contribution is 2.27. The van der Waals surface area contributed by atoms with Crippen LogP contribution in [0.15, 0.2) is 23.1 Å². The van der Waals surface area contributed by atoms with E-state index in [-0.39, 0.29) is 53.0 Å². The fraction of sp³-hybridized carbons (Fsp3) is 0.619. The summed E-state index contributed by atoms with van der Waals surface area (Å²) in [6.45, 7) is 4.07. The van der Waals surface area contributed by atoms with Crippen molar-refractivity contribution in [3.05, 3.63) is 28.3 Å². The molecule has 178 valence electrons. The Kier molecular flexibility index (Phi) is 8.99. The summed E-state index contributed by atoms with van der Waals surface area (Å²) in [6.07, 6.45) is 5.87. The zero-order chi connectivity index (χ0) is 23.9. The number of carbonyl (C=O) groups excluding carboxylic acids is 2. The standard InChI is InChI=1S/C21H32N4O6S/c1-14(2)19(24-20(26)15-7-5-4-6-8-15)21(27)23-12-11-22-17-10-9-16(32(3,30)31)13-18(17)25(28)29/h9-10,13-15,19,22H,4-8,11-12H2,1-3H3,(H,23,27)(H,24,26). The van der Waals surface area contributed by atoms with Gasteiger partial charge >= 0.3 is 0 Å². The number of nitro benzene ring substituents is 1. The number of nitrogens with zero attached hydrogens (tertiary/aromatic N) is 1. The highest BCUT2D eigenvalue weighted by Gasteiger charge is 2.28. The lowest BCUT2D eigenvalue weighted by molar-refractivity contribution is -0.384. The van der Waals surface area contributed by atoms with Crippen LogP contribution in [0.4, 0.5) is 11.4 Å². The summed E-state index contributed by atoms with van der Waals surface area (Å²) in [4.78, 5) is 35.6. The van der Waals surface area contributed by atoms with E-state index in [1.54, 1.807) is 0 Å². The van der Waals surface area contributed by atoms with Crippen LogP contribution in [0.2, 0.25) is 0 Å². The number of sulfone groups is 1. The van der Waals surface area contributed by atoms with E-state index in [2.05, 4.69) is 16.0 Å². The molecule has 1 unspecified atom stereocenters. The number of benzene rings is 1. The van der Waals surface area contributed by atoms with Crippen LogP contribution in [0.25, 0.3) is 0 Å². The zero-order valence-corrected chi connectivity index (χ0v) is 19.5. The quantitative estimate of drug-likeness (QED) is 0.271. The van der Waals surface area contributed by atoms with E-state index < -0.39 is 20.8 Å². The lowest BCUT2D eigenvalue weighted by atomic mass is 9.88. The van der Waals surface area contributed by atoms with E-state index in [9.17, 15) is 28.1 Å². The van der Waals surface area contributed by atoms with Crippen molar-refractivity contribution in [1.29, 1.82) is 0 Å². The Bertz CT molecular complexity index is 942. The number of rotatable bonds is 10. The Morgan fingerprint density at radius 2 is 1.81 bits per heavy atom. The molecule has 0 aromatic heterocycles. The van der Waals surface area contributed by atoms with E-state index in [1.807, 2.05) is 13.8 Å². The van der Waals surface area contributed by atoms with Crippen LogP contribution in [-0.4, -0.2) is 50.5 Å². The fourth-order valence-corrected chi connectivity index (χ4v) is 4.35. The molecule has 1 fully saturated rings. The Balaban J connectivity index is 1.92. The zero-order valence-electron chi connectivity index (χ0n) is 18.7. The number of anilines is 1. The van der Waals surface area contributed by atoms with Crippen LogP contribution in [0.1, 0.15) is 46.0 Å². The molecule has 32 heavy (non-hydrogen) atoms. The first kappa shape index (κ1) is 25.6. The van der Waals surface area contributed by atoms with E-state index in [4.69, 9.17) is 0 Å². The maximum atomic E-state index is 12.6. The second-order valence-corrected chi connectivity index (χ2v) is 10.5. The van der Waals surface area contributed by atoms with Gasteiger partial charge in [-0.1, -0.05) is 33.1 Å². The molecule has 0 bridgehead atoms. The third kappa shape index (κ3) is 7.18. The van der Waals surface area contributed by atoms with Gasteiger partial charge in [0.15, 0.2) is 9.84 Å². The van der Waals surface area contributed by atoms with Crippen molar-refractivity contribution in [2.24, 2.45) is 11.8 Å². The first-order valence-electron chi connectivity index (χ1n) is 10.8. The van der Waals surface area contributed by atoms with Crippen LogP contribution in [0.3, 0.4) is 0 Å². The molecule has 11 heteroatoms. The van der Waals surface area contributed by atoms with Crippen LogP contribution in [0, 0.1) is 22.0 Å². The van der Waals surface area contributed by atoms with E-state index in [0.717, 1.165) is 44.4 Å². The number of hydrogen-bond acceptors (Lipinski definition) is 7. The van der Waals surface area contributed by atoms with Gasteiger partial charge in [-0.25, -0.2) is 8.42 Å². The van der Waals surface area contributed by atoms with Crippen molar-refractivity contribution in [2.75, 3.05) is 24.7 Å². The summed E-state index contributed by atoms with van der Waals surface area (Å²) in [5, 5.41) is 19.8. The SMILES string of the molecule is CC(C)C(NC(=O)C1CCCCC1)C(=O)NCCNc1ccc(S(C)(=O)=O)cc1[N+](=O)[O-]. The maximum absolute atomic E-state index is 12.6. The van der Waals surface area contributed by atoms with Crippen molar-refractivity contribution in [3.63, 3.8) is 0 Å². The van der Waals surface area contributed by atoms with Gasteiger partial charge in [0, 0.05) is 31.3 Å². The predicted octanol–water partition coefficient (Wildman–Crippen LogP) is 2.25. The van der Waals surface area contributed by atoms with Crippen molar-refractivity contribution < 1.29 is 22.9 Å². The number of nitro groups is 1. The van der Waals surface area contributed by atoms with Gasteiger partial charge in [-0.15, -0.1) is 0 Å². The average Bonchev–Trinajstić information content (AvgIpc) is 2.74. The van der Waals surface area contributed by atoms with E-state index in [0.29, 0.717) is 0 Å². The second kappa shape index (κ2) is 11.3. The van der Waals surface area contributed by atoms with Crippen LogP contribution < -0.4 is 16.0 Å². The summed E-state index contributed by atoms with van der Waals surface area (Å²) in [5.41, 5.74) is -0.207. The Hall–Kier alpha value is -2.69. The molecule has 0 spiro atoms. The predicted molar refractivity (Wildman–Crippen MR) is 121 cm³/mol. The number of carbonyl (C=O) groups is 2. The minimum atomic E-state index is -3.57. The molecule has 0 aliphatic heterocycles. The normalized spacial score (nSPS) is 15.8. The Morgan fingerprint density at radius 1 is 1.16 bits per heavy atom. The summed E-state index contributed by atoms with van der Waals surface area (Å²) in [7, 11) is -3.57. The monoisotopic (exact) mass is 468 g/mol. The Labute approximate surface area is 188 Å². The molecule has 10 nitrogen and oxygen atoms in total. The number of hydrogen-bond donors (Lipinski definition) is 3. The molecule has 2 rings (SSSR count). The molecule has 2 amide bonds. The summed E-state index contributed by atoms with van der Waals surface area (Å²) >= 11 is 0. The lowest BCUT2D eigenvalue weighted by Gasteiger charge is -2.26. The van der Waals surface area contributed by atoms with E-state index >= 15 is 0 Å². The molecule has 3 N–H and O–H groups in total. The molecule has 1 aliphatic rings. The molecule has 1 aliphatic carbocycles. The maximum Gasteiger partial charge on any atom is 0.293 e. The van der Waals surface area contributed by atoms with Gasteiger partial charge in [-0.05, 0) is 30.9 Å². The second-order valence-electron chi connectivity index (χ2n) is 8.49. The largest absolute Gasteiger partial charge is 0.378 e. The van der Waals surface area contributed by atoms with Crippen molar-refractivity contribution in [3.8, 4) is 0 Å². The first-order valence-corrected chi connectivity index (χ1v) is 12.7. The molecule has 1 saturated carbocycles. The van der Waals surface area contributed by atoms with Crippen LogP contribution in [0.5, 0.6) is 0 Å². The van der Waals surface area contributed by atoms with Crippen molar-refractivity contribution >= 4 is 33.0 Å². The third-order valence-electron chi connectivity index (χ3n) is 5.56. The van der Waals surface area contributed by atoms with Gasteiger partial charge in [0.25, 0.3) is 5.69 Å². The van der Waals surface area contributed by atoms with Crippen LogP contribution >= 0.6 is 0 Å². The molecule has 1 aromatic rings. The van der Waals surface area contributed by atoms with E-state index in [1.165, 1.54) is 12.1 Å². The minimum Gasteiger partial charge on any atom is -0.378 e. The fourth-order valence-electron chi connectivity index (χ4n) is 3.71. The van der Waals surface area contributed by atoms with Gasteiger partial charge in [0.2, 0.25) is 11.8 Å². The molecule has 1 aromatic carbocycles. The van der Waals surface area contributed by atoms with Gasteiger partial charge < -0.3 is 16.0 Å². The highest BCUT2D eigenvalue weighted by molar-refractivity contribution is 7.90. The van der Waals surface area contributed by atoms with Crippen molar-refractivity contribution in [2.45, 2.75) is 56.9 Å². The topological polar surface area (TPSA) is 148 Å². The first-order chi connectivity index (χ1) is 15.0. The lowest BCUT2D eigenvalue weighted by Crippen LogP contribution is -2.52. The molecule has 0 radical (unpaired) electrons. The minimum absolute atomic E-state index is 0.0464. The van der Waals surface area contributed by atoms with Gasteiger partial charge in [-0.3, -0.25) is 19.7 Å². The Morgan fingerprint density at radius 3 is 2.38 bits per heavy atom. The van der Waals surface area contributed by atoms with Gasteiger partial charge in [-0.2, -0.15) is 0 Å². The third-order valence-corrected chi connectivity index (χ3v) is 6.67. The molecular formula is C21H32N4O6S. The average molecular weight is 469 g/mol. The van der Waals surface area contributed by atoms with Crippen LogP contribution in [-0.2, 0) is 19.4 Å². The van der Waals surface area contributed by atoms with Crippen molar-refractivity contribution in [1.82, 2.24) is 10.6 Å². The molecular weight excluding hydrogens is 436 g/mol. The number of nitrogens with one attached hydrogen (secondary N) is 3. The van der Waals surface area contributed by atoms with Gasteiger partial charge in [0.05, 0.1) is 9.82 Å².